The first kappa shape index (κ1) is 27.4. The first-order valence-corrected chi connectivity index (χ1v) is 13.5. The molecule has 8 nitrogen and oxygen atoms in total. The Morgan fingerprint density at radius 3 is 2.61 bits per heavy atom. The second-order valence-electron chi connectivity index (χ2n) is 9.83. The number of carbonyl (C=O) groups is 2. The van der Waals surface area contributed by atoms with Crippen molar-refractivity contribution in [2.75, 3.05) is 27.3 Å². The van der Waals surface area contributed by atoms with Gasteiger partial charge < -0.3 is 28.7 Å². The number of furan rings is 1. The molecular formula is C30H39N3O5. The molecule has 3 aromatic rings. The van der Waals surface area contributed by atoms with E-state index in [0.29, 0.717) is 43.3 Å². The molecule has 2 amide bonds. The zero-order valence-electron chi connectivity index (χ0n) is 22.7. The molecule has 1 aliphatic rings. The van der Waals surface area contributed by atoms with Crippen molar-refractivity contribution in [3.63, 3.8) is 0 Å². The van der Waals surface area contributed by atoms with E-state index in [0.717, 1.165) is 49.9 Å². The first-order chi connectivity index (χ1) is 18.5. The van der Waals surface area contributed by atoms with E-state index >= 15 is 0 Å². The number of ether oxygens (including phenoxy) is 2. The second-order valence-corrected chi connectivity index (χ2v) is 9.83. The summed E-state index contributed by atoms with van der Waals surface area (Å²) in [6.07, 6.45) is 7.89. The fourth-order valence-electron chi connectivity index (χ4n) is 5.11. The number of hydrogen-bond acceptors (Lipinski definition) is 5. The predicted octanol–water partition coefficient (Wildman–Crippen LogP) is 5.05. The van der Waals surface area contributed by atoms with Crippen LogP contribution in [0.15, 0.2) is 53.1 Å². The smallest absolute Gasteiger partial charge is 0.287 e. The van der Waals surface area contributed by atoms with Gasteiger partial charge in [-0.25, -0.2) is 0 Å². The summed E-state index contributed by atoms with van der Waals surface area (Å²) in [5.41, 5.74) is 2.09. The molecule has 0 atom stereocenters. The van der Waals surface area contributed by atoms with Crippen molar-refractivity contribution >= 4 is 11.8 Å². The van der Waals surface area contributed by atoms with Crippen LogP contribution in [0.5, 0.6) is 11.5 Å². The van der Waals surface area contributed by atoms with Crippen molar-refractivity contribution in [3.8, 4) is 11.5 Å². The molecule has 4 rings (SSSR count). The van der Waals surface area contributed by atoms with Crippen LogP contribution in [-0.2, 0) is 24.3 Å². The van der Waals surface area contributed by atoms with Crippen molar-refractivity contribution in [1.82, 2.24) is 14.8 Å². The summed E-state index contributed by atoms with van der Waals surface area (Å²) < 4.78 is 18.6. The van der Waals surface area contributed by atoms with Gasteiger partial charge in [-0.1, -0.05) is 25.8 Å². The average Bonchev–Trinajstić information content (AvgIpc) is 3.71. The van der Waals surface area contributed by atoms with Crippen LogP contribution in [0, 0.1) is 5.92 Å². The van der Waals surface area contributed by atoms with Gasteiger partial charge in [0.25, 0.3) is 5.91 Å². The van der Waals surface area contributed by atoms with E-state index < -0.39 is 0 Å². The van der Waals surface area contributed by atoms with Crippen molar-refractivity contribution in [1.29, 1.82) is 0 Å². The molecule has 2 heterocycles. The number of hydrogen-bond donors (Lipinski definition) is 1. The predicted molar refractivity (Wildman–Crippen MR) is 145 cm³/mol. The van der Waals surface area contributed by atoms with Crippen LogP contribution in [0.1, 0.15) is 66.6 Å². The number of nitrogens with zero attached hydrogens (tertiary/aromatic N) is 2. The van der Waals surface area contributed by atoms with Crippen molar-refractivity contribution in [2.45, 2.75) is 58.5 Å². The van der Waals surface area contributed by atoms with Crippen molar-refractivity contribution in [2.24, 2.45) is 5.92 Å². The summed E-state index contributed by atoms with van der Waals surface area (Å²) in [6.45, 7) is 4.42. The second kappa shape index (κ2) is 13.2. The molecule has 0 bridgehead atoms. The fourth-order valence-corrected chi connectivity index (χ4v) is 5.11. The highest BCUT2D eigenvalue weighted by Crippen LogP contribution is 2.28. The highest BCUT2D eigenvalue weighted by molar-refractivity contribution is 5.91. The Bertz CT molecular complexity index is 1210. The number of carbonyl (C=O) groups excluding carboxylic acids is 2. The Morgan fingerprint density at radius 1 is 1.08 bits per heavy atom. The normalized spacial score (nSPS) is 13.4. The van der Waals surface area contributed by atoms with Crippen LogP contribution in [0.4, 0.5) is 0 Å². The molecule has 204 valence electrons. The van der Waals surface area contributed by atoms with Gasteiger partial charge >= 0.3 is 0 Å². The molecule has 1 N–H and O–H groups in total. The Kier molecular flexibility index (Phi) is 9.51. The lowest BCUT2D eigenvalue weighted by molar-refractivity contribution is -0.136. The van der Waals surface area contributed by atoms with E-state index in [-0.39, 0.29) is 23.5 Å². The molecule has 8 heteroatoms. The maximum atomic E-state index is 13.1. The zero-order chi connectivity index (χ0) is 26.9. The van der Waals surface area contributed by atoms with Gasteiger partial charge in [0.15, 0.2) is 17.3 Å². The number of nitrogens with one attached hydrogen (secondary N) is 1. The molecule has 0 saturated heterocycles. The fraction of sp³-hybridized carbons (Fsp3) is 0.467. The minimum absolute atomic E-state index is 0.169. The molecule has 0 spiro atoms. The molecule has 38 heavy (non-hydrogen) atoms. The van der Waals surface area contributed by atoms with Gasteiger partial charge in [0.1, 0.15) is 5.76 Å². The van der Waals surface area contributed by atoms with Gasteiger partial charge in [-0.05, 0) is 67.6 Å². The van der Waals surface area contributed by atoms with Crippen LogP contribution in [-0.4, -0.2) is 48.6 Å². The van der Waals surface area contributed by atoms with Gasteiger partial charge in [-0.15, -0.1) is 0 Å². The van der Waals surface area contributed by atoms with E-state index in [1.54, 1.807) is 20.3 Å². The average molecular weight is 522 g/mol. The lowest BCUT2D eigenvalue weighted by Gasteiger charge is -2.26. The maximum absolute atomic E-state index is 13.1. The van der Waals surface area contributed by atoms with Crippen LogP contribution in [0.3, 0.4) is 0 Å². The molecule has 1 fully saturated rings. The lowest BCUT2D eigenvalue weighted by Crippen LogP contribution is -2.36. The van der Waals surface area contributed by atoms with E-state index in [9.17, 15) is 9.59 Å². The van der Waals surface area contributed by atoms with E-state index in [2.05, 4.69) is 22.9 Å². The Morgan fingerprint density at radius 2 is 1.87 bits per heavy atom. The lowest BCUT2D eigenvalue weighted by atomic mass is 10.1. The standard InChI is InChI=1S/C30H39N3O5/c1-4-17-33(30(35)23-8-5-6-9-23)20-24-10-7-18-32(24)21-25-12-14-27(38-25)29(34)31-16-15-22-11-13-26(36-2)28(19-22)37-3/h7,10-14,18-19,23H,4-6,8-9,15-17,20-21H2,1-3H3,(H,31,34). The van der Waals surface area contributed by atoms with Crippen LogP contribution >= 0.6 is 0 Å². The third-order valence-electron chi connectivity index (χ3n) is 7.14. The summed E-state index contributed by atoms with van der Waals surface area (Å²) in [6, 6.07) is 13.3. The number of methoxy groups -OCH3 is 2. The van der Waals surface area contributed by atoms with Gasteiger partial charge in [0.2, 0.25) is 5.91 Å². The van der Waals surface area contributed by atoms with E-state index in [4.69, 9.17) is 13.9 Å². The van der Waals surface area contributed by atoms with Crippen LogP contribution in [0.2, 0.25) is 0 Å². The molecular weight excluding hydrogens is 482 g/mol. The summed E-state index contributed by atoms with van der Waals surface area (Å²) in [5.74, 6) is 2.51. The molecule has 1 aromatic carbocycles. The summed E-state index contributed by atoms with van der Waals surface area (Å²) in [5, 5.41) is 2.92. The largest absolute Gasteiger partial charge is 0.493 e. The maximum Gasteiger partial charge on any atom is 0.287 e. The van der Waals surface area contributed by atoms with Gasteiger partial charge in [-0.3, -0.25) is 9.59 Å². The van der Waals surface area contributed by atoms with Crippen LogP contribution < -0.4 is 14.8 Å². The van der Waals surface area contributed by atoms with Gasteiger partial charge in [0, 0.05) is 30.9 Å². The van der Waals surface area contributed by atoms with Gasteiger partial charge in [0.05, 0.1) is 27.3 Å². The van der Waals surface area contributed by atoms with Crippen molar-refractivity contribution < 1.29 is 23.5 Å². The Labute approximate surface area is 224 Å². The summed E-state index contributed by atoms with van der Waals surface area (Å²) in [7, 11) is 3.21. The molecule has 2 aromatic heterocycles. The minimum atomic E-state index is -0.249. The van der Waals surface area contributed by atoms with Crippen LogP contribution in [0.25, 0.3) is 0 Å². The highest BCUT2D eigenvalue weighted by atomic mass is 16.5. The molecule has 1 saturated carbocycles. The van der Waals surface area contributed by atoms with E-state index in [1.165, 1.54) is 0 Å². The van der Waals surface area contributed by atoms with Gasteiger partial charge in [-0.2, -0.15) is 0 Å². The minimum Gasteiger partial charge on any atom is -0.493 e. The first-order valence-electron chi connectivity index (χ1n) is 13.5. The highest BCUT2D eigenvalue weighted by Gasteiger charge is 2.27. The number of rotatable bonds is 13. The van der Waals surface area contributed by atoms with E-state index in [1.807, 2.05) is 41.4 Å². The zero-order valence-corrected chi connectivity index (χ0v) is 22.7. The Hall–Kier alpha value is -3.68. The summed E-state index contributed by atoms with van der Waals surface area (Å²) >= 11 is 0. The third-order valence-corrected chi connectivity index (χ3v) is 7.14. The molecule has 0 radical (unpaired) electrons. The number of benzene rings is 1. The summed E-state index contributed by atoms with van der Waals surface area (Å²) in [4.78, 5) is 27.7. The topological polar surface area (TPSA) is 85.9 Å². The molecule has 0 aliphatic heterocycles. The third kappa shape index (κ3) is 6.79. The SMILES string of the molecule is CCCN(Cc1cccn1Cc1ccc(C(=O)NCCc2ccc(OC)c(OC)c2)o1)C(=O)C1CCCC1. The number of amides is 2. The molecule has 0 unspecified atom stereocenters. The quantitative estimate of drug-likeness (QED) is 0.340. The monoisotopic (exact) mass is 521 g/mol. The Balaban J connectivity index is 1.32. The molecule has 1 aliphatic carbocycles. The van der Waals surface area contributed by atoms with Crippen molar-refractivity contribution in [3.05, 3.63) is 71.4 Å². The number of aromatic nitrogens is 1.